The van der Waals surface area contributed by atoms with Gasteiger partial charge in [-0.3, -0.25) is 0 Å². The van der Waals surface area contributed by atoms with Crippen LogP contribution in [0.3, 0.4) is 0 Å². The molecule has 0 aliphatic rings. The normalized spacial score (nSPS) is 11.9. The Morgan fingerprint density at radius 1 is 0.929 bits per heavy atom. The summed E-state index contributed by atoms with van der Waals surface area (Å²) in [6, 6.07) is 11.9. The average molecular weight is 191 g/mol. The number of benzene rings is 2. The van der Waals surface area contributed by atoms with E-state index in [4.69, 9.17) is 0 Å². The van der Waals surface area contributed by atoms with E-state index in [9.17, 15) is 8.78 Å². The van der Waals surface area contributed by atoms with Gasteiger partial charge in [0.05, 0.1) is 0 Å². The Balaban J connectivity index is 2.78. The van der Waals surface area contributed by atoms with E-state index in [0.29, 0.717) is 5.39 Å². The molecule has 2 aromatic rings. The Morgan fingerprint density at radius 2 is 1.57 bits per heavy atom. The molecule has 0 amide bonds. The van der Waals surface area contributed by atoms with Crippen molar-refractivity contribution in [2.45, 2.75) is 5.92 Å². The summed E-state index contributed by atoms with van der Waals surface area (Å²) in [6.07, 6.45) is 0. The zero-order valence-corrected chi connectivity index (χ0v) is 7.50. The van der Waals surface area contributed by atoms with Crippen molar-refractivity contribution in [1.29, 1.82) is 0 Å². The van der Waals surface area contributed by atoms with Gasteiger partial charge in [0.15, 0.2) is 0 Å². The van der Waals surface area contributed by atoms with Gasteiger partial charge < -0.3 is 0 Å². The number of alkyl halides is 2. The van der Waals surface area contributed by atoms with Crippen molar-refractivity contribution in [2.75, 3.05) is 0 Å². The van der Waals surface area contributed by atoms with E-state index in [1.165, 1.54) is 6.07 Å². The minimum Gasteiger partial charge on any atom is -0.201 e. The van der Waals surface area contributed by atoms with Gasteiger partial charge in [0, 0.05) is 12.5 Å². The predicted molar refractivity (Wildman–Crippen MR) is 53.2 cm³/mol. The SMILES string of the molecule is [CH2]C(F)(F)c1cccc2ccccc12. The van der Waals surface area contributed by atoms with Gasteiger partial charge in [-0.25, -0.2) is 8.78 Å². The van der Waals surface area contributed by atoms with Crippen molar-refractivity contribution in [2.24, 2.45) is 0 Å². The van der Waals surface area contributed by atoms with Gasteiger partial charge in [-0.05, 0) is 10.8 Å². The van der Waals surface area contributed by atoms with Crippen LogP contribution in [0.4, 0.5) is 8.78 Å². The van der Waals surface area contributed by atoms with E-state index in [1.807, 2.05) is 18.2 Å². The van der Waals surface area contributed by atoms with Gasteiger partial charge in [-0.1, -0.05) is 42.5 Å². The molecule has 14 heavy (non-hydrogen) atoms. The molecule has 71 valence electrons. The Hall–Kier alpha value is -1.44. The van der Waals surface area contributed by atoms with Crippen molar-refractivity contribution in [3.8, 4) is 0 Å². The maximum Gasteiger partial charge on any atom is 0.274 e. The molecule has 1 radical (unpaired) electrons. The van der Waals surface area contributed by atoms with Gasteiger partial charge in [-0.15, -0.1) is 0 Å². The molecular formula is C12H9F2. The standard InChI is InChI=1S/C12H9F2/c1-12(13,14)11-8-4-6-9-5-2-3-7-10(9)11/h2-8H,1H2. The molecule has 2 aromatic carbocycles. The molecule has 0 N–H and O–H groups in total. The molecule has 0 spiro atoms. The van der Waals surface area contributed by atoms with E-state index in [-0.39, 0.29) is 5.56 Å². The Labute approximate surface area is 81.2 Å². The van der Waals surface area contributed by atoms with Crippen molar-refractivity contribution in [3.63, 3.8) is 0 Å². The lowest BCUT2D eigenvalue weighted by Crippen LogP contribution is -2.07. The van der Waals surface area contributed by atoms with E-state index in [2.05, 4.69) is 6.92 Å². The average Bonchev–Trinajstić information content (AvgIpc) is 2.15. The first kappa shape index (κ1) is 9.13. The van der Waals surface area contributed by atoms with Gasteiger partial charge in [0.2, 0.25) is 0 Å². The third-order valence-electron chi connectivity index (χ3n) is 2.18. The topological polar surface area (TPSA) is 0 Å². The van der Waals surface area contributed by atoms with Crippen LogP contribution >= 0.6 is 0 Å². The second-order valence-corrected chi connectivity index (χ2v) is 3.23. The lowest BCUT2D eigenvalue weighted by molar-refractivity contribution is 0.0503. The molecule has 0 unspecified atom stereocenters. The zero-order valence-electron chi connectivity index (χ0n) is 7.50. The van der Waals surface area contributed by atoms with Crippen molar-refractivity contribution >= 4 is 10.8 Å². The highest BCUT2D eigenvalue weighted by Crippen LogP contribution is 2.32. The molecule has 0 aromatic heterocycles. The van der Waals surface area contributed by atoms with Gasteiger partial charge in [0.1, 0.15) is 0 Å². The second-order valence-electron chi connectivity index (χ2n) is 3.23. The molecule has 0 bridgehead atoms. The molecule has 0 aliphatic heterocycles. The zero-order chi connectivity index (χ0) is 10.2. The molecule has 0 nitrogen and oxygen atoms in total. The largest absolute Gasteiger partial charge is 0.274 e. The summed E-state index contributed by atoms with van der Waals surface area (Å²) in [5.74, 6) is -3.03. The molecule has 2 rings (SSSR count). The van der Waals surface area contributed by atoms with Gasteiger partial charge in [-0.2, -0.15) is 0 Å². The third-order valence-corrected chi connectivity index (χ3v) is 2.18. The predicted octanol–water partition coefficient (Wildman–Crippen LogP) is 3.77. The van der Waals surface area contributed by atoms with E-state index in [1.54, 1.807) is 18.2 Å². The van der Waals surface area contributed by atoms with E-state index in [0.717, 1.165) is 5.39 Å². The fourth-order valence-electron chi connectivity index (χ4n) is 1.54. The maximum absolute atomic E-state index is 13.1. The summed E-state index contributed by atoms with van der Waals surface area (Å²) in [7, 11) is 0. The number of fused-ring (bicyclic) bond motifs is 1. The van der Waals surface area contributed by atoms with Crippen molar-refractivity contribution < 1.29 is 8.78 Å². The van der Waals surface area contributed by atoms with E-state index < -0.39 is 5.92 Å². The first-order valence-electron chi connectivity index (χ1n) is 4.30. The first-order chi connectivity index (χ1) is 6.59. The highest BCUT2D eigenvalue weighted by atomic mass is 19.3. The van der Waals surface area contributed by atoms with Crippen molar-refractivity contribution in [3.05, 3.63) is 55.0 Å². The lowest BCUT2D eigenvalue weighted by atomic mass is 10.0. The van der Waals surface area contributed by atoms with Crippen LogP contribution in [-0.4, -0.2) is 0 Å². The molecular weight excluding hydrogens is 182 g/mol. The number of rotatable bonds is 1. The van der Waals surface area contributed by atoms with Crippen LogP contribution in [0.2, 0.25) is 0 Å². The van der Waals surface area contributed by atoms with Crippen LogP contribution in [0, 0.1) is 6.92 Å². The first-order valence-corrected chi connectivity index (χ1v) is 4.30. The van der Waals surface area contributed by atoms with Crippen LogP contribution in [0.5, 0.6) is 0 Å². The van der Waals surface area contributed by atoms with Crippen LogP contribution in [0.1, 0.15) is 5.56 Å². The number of hydrogen-bond acceptors (Lipinski definition) is 0. The fraction of sp³-hybridized carbons (Fsp3) is 0.0833. The molecule has 0 aliphatic carbocycles. The number of halogens is 2. The smallest absolute Gasteiger partial charge is 0.201 e. The molecule has 0 saturated heterocycles. The van der Waals surface area contributed by atoms with Crippen LogP contribution < -0.4 is 0 Å². The summed E-state index contributed by atoms with van der Waals surface area (Å²) in [6.45, 7) is 2.86. The Morgan fingerprint density at radius 3 is 2.29 bits per heavy atom. The summed E-state index contributed by atoms with van der Waals surface area (Å²) in [4.78, 5) is 0. The summed E-state index contributed by atoms with van der Waals surface area (Å²) in [5.41, 5.74) is -0.0180. The molecule has 0 atom stereocenters. The molecule has 0 heterocycles. The molecule has 0 fully saturated rings. The Bertz CT molecular complexity index is 450. The van der Waals surface area contributed by atoms with Crippen molar-refractivity contribution in [1.82, 2.24) is 0 Å². The highest BCUT2D eigenvalue weighted by molar-refractivity contribution is 5.86. The maximum atomic E-state index is 13.1. The van der Waals surface area contributed by atoms with E-state index >= 15 is 0 Å². The van der Waals surface area contributed by atoms with Gasteiger partial charge >= 0.3 is 0 Å². The van der Waals surface area contributed by atoms with Crippen LogP contribution in [-0.2, 0) is 5.92 Å². The third kappa shape index (κ3) is 1.48. The quantitative estimate of drug-likeness (QED) is 0.643. The Kier molecular flexibility index (Phi) is 1.99. The lowest BCUT2D eigenvalue weighted by Gasteiger charge is -2.12. The fourth-order valence-corrected chi connectivity index (χ4v) is 1.54. The minimum absolute atomic E-state index is 0.0180. The second kappa shape index (κ2) is 3.05. The molecule has 0 saturated carbocycles. The van der Waals surface area contributed by atoms with Crippen LogP contribution in [0.15, 0.2) is 42.5 Å². The highest BCUT2D eigenvalue weighted by Gasteiger charge is 2.26. The van der Waals surface area contributed by atoms with Crippen LogP contribution in [0.25, 0.3) is 10.8 Å². The minimum atomic E-state index is -3.03. The molecule has 2 heteroatoms. The number of hydrogen-bond donors (Lipinski definition) is 0. The monoisotopic (exact) mass is 191 g/mol. The summed E-state index contributed by atoms with van der Waals surface area (Å²) >= 11 is 0. The summed E-state index contributed by atoms with van der Waals surface area (Å²) in [5, 5.41) is 1.38. The van der Waals surface area contributed by atoms with Gasteiger partial charge in [0.25, 0.3) is 5.92 Å². The summed E-state index contributed by atoms with van der Waals surface area (Å²) < 4.78 is 26.1.